The van der Waals surface area contributed by atoms with Crippen LogP contribution in [0.2, 0.25) is 0 Å². The molecule has 21 heavy (non-hydrogen) atoms. The lowest BCUT2D eigenvalue weighted by Crippen LogP contribution is -2.26. The zero-order chi connectivity index (χ0) is 15.1. The number of likely N-dealkylation sites (tertiary alicyclic amines) is 1. The number of nitrogens with one attached hydrogen (secondary N) is 1. The average Bonchev–Trinajstić information content (AvgIpc) is 2.85. The molecule has 118 valence electrons. The molecule has 5 heteroatoms. The number of nitrogens with zero attached hydrogens (tertiary/aromatic N) is 3. The van der Waals surface area contributed by atoms with Crippen molar-refractivity contribution in [3.05, 3.63) is 18.1 Å². The van der Waals surface area contributed by atoms with Crippen molar-refractivity contribution in [2.24, 2.45) is 5.92 Å². The van der Waals surface area contributed by atoms with Crippen LogP contribution in [-0.2, 0) is 6.54 Å². The molecule has 2 rings (SSSR count). The number of hydrogen-bond acceptors (Lipinski definition) is 5. The summed E-state index contributed by atoms with van der Waals surface area (Å²) in [5.41, 5.74) is 0.936. The van der Waals surface area contributed by atoms with Crippen molar-refractivity contribution >= 4 is 0 Å². The molecule has 0 radical (unpaired) electrons. The first-order valence-electron chi connectivity index (χ1n) is 8.00. The van der Waals surface area contributed by atoms with Gasteiger partial charge in [-0.05, 0) is 45.3 Å². The zero-order valence-corrected chi connectivity index (χ0v) is 13.5. The second-order valence-corrected chi connectivity index (χ2v) is 6.29. The van der Waals surface area contributed by atoms with Gasteiger partial charge in [0.05, 0.1) is 18.5 Å². The maximum atomic E-state index is 5.76. The summed E-state index contributed by atoms with van der Waals surface area (Å²) in [4.78, 5) is 11.1. The lowest BCUT2D eigenvalue weighted by Gasteiger charge is -2.19. The van der Waals surface area contributed by atoms with Gasteiger partial charge in [-0.2, -0.15) is 0 Å². The van der Waals surface area contributed by atoms with Gasteiger partial charge < -0.3 is 15.0 Å². The second kappa shape index (κ2) is 8.29. The molecule has 0 aliphatic carbocycles. The van der Waals surface area contributed by atoms with E-state index >= 15 is 0 Å². The molecule has 1 aromatic heterocycles. The van der Waals surface area contributed by atoms with Crippen molar-refractivity contribution in [3.63, 3.8) is 0 Å². The lowest BCUT2D eigenvalue weighted by molar-refractivity contribution is 0.227. The number of hydrogen-bond donors (Lipinski definition) is 1. The summed E-state index contributed by atoms with van der Waals surface area (Å²) in [6.45, 7) is 8.04. The Morgan fingerprint density at radius 3 is 3.00 bits per heavy atom. The molecule has 1 saturated heterocycles. The average molecular weight is 292 g/mol. The Morgan fingerprint density at radius 1 is 1.43 bits per heavy atom. The Kier molecular flexibility index (Phi) is 6.39. The fourth-order valence-corrected chi connectivity index (χ4v) is 2.67. The SMILES string of the molecule is CC(C)CNCc1cncc(OCCC2CCCN2C)n1. The summed E-state index contributed by atoms with van der Waals surface area (Å²) in [5.74, 6) is 1.28. The first-order valence-corrected chi connectivity index (χ1v) is 8.00. The zero-order valence-electron chi connectivity index (χ0n) is 13.5. The normalized spacial score (nSPS) is 19.3. The fraction of sp³-hybridized carbons (Fsp3) is 0.750. The van der Waals surface area contributed by atoms with Crippen molar-refractivity contribution in [2.45, 2.75) is 45.7 Å². The summed E-state index contributed by atoms with van der Waals surface area (Å²) < 4.78 is 5.76. The summed E-state index contributed by atoms with van der Waals surface area (Å²) in [6, 6.07) is 0.661. The molecule has 1 fully saturated rings. The fourth-order valence-electron chi connectivity index (χ4n) is 2.67. The van der Waals surface area contributed by atoms with E-state index in [1.165, 1.54) is 19.4 Å². The molecule has 1 aliphatic heterocycles. The van der Waals surface area contributed by atoms with E-state index in [4.69, 9.17) is 4.74 Å². The first-order chi connectivity index (χ1) is 10.1. The third kappa shape index (κ3) is 5.59. The summed E-state index contributed by atoms with van der Waals surface area (Å²) in [7, 11) is 2.19. The molecular weight excluding hydrogens is 264 g/mol. The minimum absolute atomic E-state index is 0.638. The van der Waals surface area contributed by atoms with E-state index in [0.29, 0.717) is 24.4 Å². The van der Waals surface area contributed by atoms with Gasteiger partial charge in [-0.25, -0.2) is 4.98 Å². The Labute approximate surface area is 128 Å². The number of aromatic nitrogens is 2. The standard InChI is InChI=1S/C16H28N4O/c1-13(2)9-17-10-14-11-18-12-16(19-14)21-8-6-15-5-4-7-20(15)3/h11-13,15,17H,4-10H2,1-3H3. The van der Waals surface area contributed by atoms with Gasteiger partial charge in [-0.1, -0.05) is 13.8 Å². The Balaban J connectivity index is 1.72. The van der Waals surface area contributed by atoms with E-state index in [1.807, 2.05) is 0 Å². The van der Waals surface area contributed by atoms with Crippen LogP contribution in [0, 0.1) is 5.92 Å². The Bertz CT molecular complexity index is 424. The molecule has 1 aromatic rings. The summed E-state index contributed by atoms with van der Waals surface area (Å²) in [5, 5.41) is 3.37. The summed E-state index contributed by atoms with van der Waals surface area (Å²) >= 11 is 0. The van der Waals surface area contributed by atoms with Crippen LogP contribution in [0.1, 0.15) is 38.8 Å². The highest BCUT2D eigenvalue weighted by Gasteiger charge is 2.20. The van der Waals surface area contributed by atoms with Crippen molar-refractivity contribution in [2.75, 3.05) is 26.7 Å². The highest BCUT2D eigenvalue weighted by Crippen LogP contribution is 2.18. The van der Waals surface area contributed by atoms with Crippen molar-refractivity contribution in [1.82, 2.24) is 20.2 Å². The van der Waals surface area contributed by atoms with E-state index in [2.05, 4.69) is 41.1 Å². The molecule has 0 amide bonds. The number of ether oxygens (including phenoxy) is 1. The molecule has 1 aliphatic rings. The second-order valence-electron chi connectivity index (χ2n) is 6.29. The van der Waals surface area contributed by atoms with Gasteiger partial charge in [0, 0.05) is 18.8 Å². The van der Waals surface area contributed by atoms with Crippen molar-refractivity contribution in [1.29, 1.82) is 0 Å². The van der Waals surface area contributed by atoms with Gasteiger partial charge in [0.2, 0.25) is 5.88 Å². The molecule has 0 aromatic carbocycles. The predicted octanol–water partition coefficient (Wildman–Crippen LogP) is 2.09. The van der Waals surface area contributed by atoms with Gasteiger partial charge in [0.1, 0.15) is 0 Å². The molecule has 0 spiro atoms. The van der Waals surface area contributed by atoms with Gasteiger partial charge in [0.25, 0.3) is 0 Å². The van der Waals surface area contributed by atoms with Crippen molar-refractivity contribution < 1.29 is 4.74 Å². The van der Waals surface area contributed by atoms with Gasteiger partial charge in [-0.3, -0.25) is 4.98 Å². The van der Waals surface area contributed by atoms with E-state index in [-0.39, 0.29) is 0 Å². The van der Waals surface area contributed by atoms with Gasteiger partial charge >= 0.3 is 0 Å². The van der Waals surface area contributed by atoms with E-state index in [9.17, 15) is 0 Å². The smallest absolute Gasteiger partial charge is 0.232 e. The molecule has 0 bridgehead atoms. The number of rotatable bonds is 8. The van der Waals surface area contributed by atoms with Crippen molar-refractivity contribution in [3.8, 4) is 5.88 Å². The van der Waals surface area contributed by atoms with Crippen LogP contribution >= 0.6 is 0 Å². The molecule has 1 unspecified atom stereocenters. The van der Waals surface area contributed by atoms with E-state index < -0.39 is 0 Å². The first kappa shape index (κ1) is 16.2. The third-order valence-electron chi connectivity index (χ3n) is 3.89. The van der Waals surface area contributed by atoms with Crippen LogP contribution in [0.25, 0.3) is 0 Å². The van der Waals surface area contributed by atoms with Crippen LogP contribution in [0.3, 0.4) is 0 Å². The lowest BCUT2D eigenvalue weighted by atomic mass is 10.1. The van der Waals surface area contributed by atoms with E-state index in [0.717, 1.165) is 25.2 Å². The van der Waals surface area contributed by atoms with Gasteiger partial charge in [0.15, 0.2) is 0 Å². The molecule has 0 saturated carbocycles. The summed E-state index contributed by atoms with van der Waals surface area (Å²) in [6.07, 6.45) is 7.14. The Hall–Kier alpha value is -1.20. The molecule has 2 heterocycles. The molecular formula is C16H28N4O. The van der Waals surface area contributed by atoms with Crippen LogP contribution in [0.15, 0.2) is 12.4 Å². The largest absolute Gasteiger partial charge is 0.477 e. The topological polar surface area (TPSA) is 50.3 Å². The third-order valence-corrected chi connectivity index (χ3v) is 3.89. The molecule has 5 nitrogen and oxygen atoms in total. The van der Waals surface area contributed by atoms with E-state index in [1.54, 1.807) is 12.4 Å². The maximum Gasteiger partial charge on any atom is 0.232 e. The minimum atomic E-state index is 0.638. The van der Waals surface area contributed by atoms with Gasteiger partial charge in [-0.15, -0.1) is 0 Å². The molecule has 1 N–H and O–H groups in total. The highest BCUT2D eigenvalue weighted by molar-refractivity contribution is 5.08. The maximum absolute atomic E-state index is 5.76. The Morgan fingerprint density at radius 2 is 2.29 bits per heavy atom. The molecule has 1 atom stereocenters. The monoisotopic (exact) mass is 292 g/mol. The van der Waals surface area contributed by atoms with Crippen LogP contribution in [0.5, 0.6) is 5.88 Å². The minimum Gasteiger partial charge on any atom is -0.477 e. The van der Waals surface area contributed by atoms with Crippen LogP contribution < -0.4 is 10.1 Å². The van der Waals surface area contributed by atoms with Crippen LogP contribution in [-0.4, -0.2) is 47.7 Å². The highest BCUT2D eigenvalue weighted by atomic mass is 16.5. The predicted molar refractivity (Wildman–Crippen MR) is 84.3 cm³/mol. The quantitative estimate of drug-likeness (QED) is 0.795. The van der Waals surface area contributed by atoms with Crippen LogP contribution in [0.4, 0.5) is 0 Å².